The van der Waals surface area contributed by atoms with E-state index in [0.717, 1.165) is 5.69 Å². The third-order valence-corrected chi connectivity index (χ3v) is 3.78. The smallest absolute Gasteiger partial charge is 0.254 e. The molecule has 0 aliphatic carbocycles. The highest BCUT2D eigenvalue weighted by Crippen LogP contribution is 2.19. The second-order valence-corrected chi connectivity index (χ2v) is 5.22. The average Bonchev–Trinajstić information content (AvgIpc) is 2.92. The van der Waals surface area contributed by atoms with Gasteiger partial charge in [-0.25, -0.2) is 4.98 Å². The van der Waals surface area contributed by atoms with Crippen LogP contribution in [0.5, 0.6) is 0 Å². The summed E-state index contributed by atoms with van der Waals surface area (Å²) >= 11 is 1.44. The van der Waals surface area contributed by atoms with Crippen molar-refractivity contribution in [1.29, 1.82) is 0 Å². The Labute approximate surface area is 127 Å². The van der Waals surface area contributed by atoms with E-state index in [1.54, 1.807) is 36.3 Å². The molecule has 0 spiro atoms. The van der Waals surface area contributed by atoms with Crippen LogP contribution in [0.4, 0.5) is 0 Å². The Balaban J connectivity index is 2.21. The van der Waals surface area contributed by atoms with Gasteiger partial charge < -0.3 is 10.1 Å². The molecule has 0 radical (unpaired) electrons. The van der Waals surface area contributed by atoms with Gasteiger partial charge >= 0.3 is 0 Å². The first kappa shape index (κ1) is 15.5. The number of thioether (sulfide) groups is 1. The lowest BCUT2D eigenvalue weighted by Gasteiger charge is -2.18. The Morgan fingerprint density at radius 1 is 1.48 bits per heavy atom. The maximum atomic E-state index is 12.5. The van der Waals surface area contributed by atoms with Gasteiger partial charge in [-0.05, 0) is 24.5 Å². The normalized spacial score (nSPS) is 12.1. The number of nitrogens with zero attached hydrogens (tertiary/aromatic N) is 3. The first-order valence-corrected chi connectivity index (χ1v) is 7.66. The molecule has 7 heteroatoms. The van der Waals surface area contributed by atoms with E-state index in [1.165, 1.54) is 11.8 Å². The number of hydrogen-bond acceptors (Lipinski definition) is 5. The fourth-order valence-electron chi connectivity index (χ4n) is 2.06. The van der Waals surface area contributed by atoms with Crippen molar-refractivity contribution in [2.24, 2.45) is 7.05 Å². The molecular weight excluding hydrogens is 288 g/mol. The lowest BCUT2D eigenvalue weighted by Crippen LogP contribution is -2.33. The highest BCUT2D eigenvalue weighted by atomic mass is 32.2. The number of ether oxygens (including phenoxy) is 1. The van der Waals surface area contributed by atoms with Crippen LogP contribution >= 0.6 is 11.8 Å². The van der Waals surface area contributed by atoms with Crippen molar-refractivity contribution < 1.29 is 9.53 Å². The highest BCUT2D eigenvalue weighted by Gasteiger charge is 2.20. The van der Waals surface area contributed by atoms with E-state index in [9.17, 15) is 4.79 Å². The summed E-state index contributed by atoms with van der Waals surface area (Å²) in [6, 6.07) is 5.12. The van der Waals surface area contributed by atoms with Gasteiger partial charge in [0.05, 0.1) is 23.9 Å². The number of nitrogens with one attached hydrogen (secondary N) is 1. The van der Waals surface area contributed by atoms with Gasteiger partial charge in [0.1, 0.15) is 5.03 Å². The molecule has 2 aromatic rings. The molecule has 0 aliphatic heterocycles. The van der Waals surface area contributed by atoms with Gasteiger partial charge in [-0.15, -0.1) is 11.8 Å². The van der Waals surface area contributed by atoms with E-state index >= 15 is 0 Å². The summed E-state index contributed by atoms with van der Waals surface area (Å²) in [5, 5.41) is 7.81. The molecule has 112 valence electrons. The fraction of sp³-hybridized carbons (Fsp3) is 0.357. The number of methoxy groups -OCH3 is 1. The van der Waals surface area contributed by atoms with Gasteiger partial charge in [-0.2, -0.15) is 5.10 Å². The number of aryl methyl sites for hydroxylation is 1. The van der Waals surface area contributed by atoms with Crippen LogP contribution in [0.25, 0.3) is 0 Å². The predicted molar refractivity (Wildman–Crippen MR) is 81.3 cm³/mol. The summed E-state index contributed by atoms with van der Waals surface area (Å²) in [7, 11) is 3.44. The van der Waals surface area contributed by atoms with Crippen LogP contribution in [0.3, 0.4) is 0 Å². The van der Waals surface area contributed by atoms with Crippen molar-refractivity contribution in [3.63, 3.8) is 0 Å². The Morgan fingerprint density at radius 2 is 2.29 bits per heavy atom. The van der Waals surface area contributed by atoms with Crippen LogP contribution in [0.1, 0.15) is 22.1 Å². The number of carbonyl (C=O) groups is 1. The zero-order valence-corrected chi connectivity index (χ0v) is 13.1. The van der Waals surface area contributed by atoms with E-state index in [-0.39, 0.29) is 11.9 Å². The van der Waals surface area contributed by atoms with Crippen molar-refractivity contribution in [1.82, 2.24) is 20.1 Å². The van der Waals surface area contributed by atoms with E-state index in [4.69, 9.17) is 4.74 Å². The van der Waals surface area contributed by atoms with Gasteiger partial charge in [0.15, 0.2) is 0 Å². The van der Waals surface area contributed by atoms with Crippen LogP contribution < -0.4 is 5.32 Å². The monoisotopic (exact) mass is 306 g/mol. The Hall–Kier alpha value is -1.86. The van der Waals surface area contributed by atoms with Crippen molar-refractivity contribution in [2.45, 2.75) is 11.1 Å². The minimum Gasteiger partial charge on any atom is -0.382 e. The molecule has 2 rings (SSSR count). The number of amides is 1. The third-order valence-electron chi connectivity index (χ3n) is 3.06. The molecule has 1 unspecified atom stereocenters. The zero-order chi connectivity index (χ0) is 15.2. The Bertz CT molecular complexity index is 615. The second-order valence-electron chi connectivity index (χ2n) is 4.42. The van der Waals surface area contributed by atoms with Crippen LogP contribution in [-0.2, 0) is 11.8 Å². The molecule has 1 atom stereocenters. The molecular formula is C14H18N4O2S. The maximum Gasteiger partial charge on any atom is 0.254 e. The molecule has 2 heterocycles. The topological polar surface area (TPSA) is 69.0 Å². The van der Waals surface area contributed by atoms with Crippen LogP contribution in [-0.4, -0.2) is 40.6 Å². The number of rotatable bonds is 6. The number of carbonyl (C=O) groups excluding carboxylic acids is 1. The summed E-state index contributed by atoms with van der Waals surface area (Å²) in [4.78, 5) is 16.7. The molecule has 2 aromatic heterocycles. The summed E-state index contributed by atoms with van der Waals surface area (Å²) in [6.45, 7) is 0.375. The number of pyridine rings is 1. The summed E-state index contributed by atoms with van der Waals surface area (Å²) in [5.41, 5.74) is 1.45. The molecule has 0 bridgehead atoms. The lowest BCUT2D eigenvalue weighted by molar-refractivity contribution is 0.0888. The molecule has 1 amide bonds. The molecule has 0 fully saturated rings. The van der Waals surface area contributed by atoms with Gasteiger partial charge in [0, 0.05) is 26.6 Å². The van der Waals surface area contributed by atoms with Gasteiger partial charge in [-0.1, -0.05) is 0 Å². The minimum atomic E-state index is -0.259. The van der Waals surface area contributed by atoms with E-state index in [0.29, 0.717) is 17.2 Å². The van der Waals surface area contributed by atoms with Crippen molar-refractivity contribution in [2.75, 3.05) is 20.0 Å². The molecule has 0 saturated heterocycles. The summed E-state index contributed by atoms with van der Waals surface area (Å²) in [5.74, 6) is -0.171. The SMILES string of the molecule is COCC(NC(=O)c1cccnc1SC)c1ccnn1C. The quantitative estimate of drug-likeness (QED) is 0.822. The van der Waals surface area contributed by atoms with Gasteiger partial charge in [0.2, 0.25) is 0 Å². The minimum absolute atomic E-state index is 0.171. The maximum absolute atomic E-state index is 12.5. The van der Waals surface area contributed by atoms with E-state index in [2.05, 4.69) is 15.4 Å². The molecule has 21 heavy (non-hydrogen) atoms. The summed E-state index contributed by atoms with van der Waals surface area (Å²) < 4.78 is 6.92. The molecule has 0 aromatic carbocycles. The third kappa shape index (κ3) is 3.62. The van der Waals surface area contributed by atoms with Gasteiger partial charge in [-0.3, -0.25) is 9.48 Å². The Kier molecular flexibility index (Phi) is 5.35. The number of hydrogen-bond donors (Lipinski definition) is 1. The highest BCUT2D eigenvalue weighted by molar-refractivity contribution is 7.98. The largest absolute Gasteiger partial charge is 0.382 e. The van der Waals surface area contributed by atoms with E-state index in [1.807, 2.05) is 19.4 Å². The standard InChI is InChI=1S/C14H18N4O2S/c1-18-12(6-8-16-18)11(9-20-2)17-13(19)10-5-4-7-15-14(10)21-3/h4-8,11H,9H2,1-3H3,(H,17,19). The number of aromatic nitrogens is 3. The van der Waals surface area contributed by atoms with Crippen molar-refractivity contribution in [3.8, 4) is 0 Å². The Morgan fingerprint density at radius 3 is 2.90 bits per heavy atom. The zero-order valence-electron chi connectivity index (χ0n) is 12.2. The van der Waals surface area contributed by atoms with Crippen LogP contribution in [0, 0.1) is 0 Å². The molecule has 0 saturated carbocycles. The van der Waals surface area contributed by atoms with Crippen molar-refractivity contribution in [3.05, 3.63) is 41.9 Å². The predicted octanol–water partition coefficient (Wildman–Crippen LogP) is 1.65. The first-order valence-electron chi connectivity index (χ1n) is 6.44. The second kappa shape index (κ2) is 7.24. The molecule has 1 N–H and O–H groups in total. The van der Waals surface area contributed by atoms with Gasteiger partial charge in [0.25, 0.3) is 5.91 Å². The van der Waals surface area contributed by atoms with Crippen LogP contribution in [0.15, 0.2) is 35.6 Å². The fourth-order valence-corrected chi connectivity index (χ4v) is 2.60. The first-order chi connectivity index (χ1) is 10.2. The molecule has 6 nitrogen and oxygen atoms in total. The lowest BCUT2D eigenvalue weighted by atomic mass is 10.2. The van der Waals surface area contributed by atoms with Crippen LogP contribution in [0.2, 0.25) is 0 Å². The summed E-state index contributed by atoms with van der Waals surface area (Å²) in [6.07, 6.45) is 5.27. The van der Waals surface area contributed by atoms with Crippen molar-refractivity contribution >= 4 is 17.7 Å². The molecule has 0 aliphatic rings. The van der Waals surface area contributed by atoms with E-state index < -0.39 is 0 Å². The average molecular weight is 306 g/mol.